The summed E-state index contributed by atoms with van der Waals surface area (Å²) in [4.78, 5) is 16.9. The fourth-order valence-corrected chi connectivity index (χ4v) is 2.61. The van der Waals surface area contributed by atoms with E-state index < -0.39 is 17.6 Å². The predicted molar refractivity (Wildman–Crippen MR) is 70.7 cm³/mol. The third-order valence-electron chi connectivity index (χ3n) is 3.67. The molecule has 110 valence electrons. The van der Waals surface area contributed by atoms with Crippen molar-refractivity contribution in [2.75, 3.05) is 6.54 Å². The average molecular weight is 294 g/mol. The number of hydrogen-bond donors (Lipinski definition) is 1. The zero-order chi connectivity index (χ0) is 15.0. The minimum atomic E-state index is -4.53. The molecule has 0 aliphatic carbocycles. The van der Waals surface area contributed by atoms with Crippen LogP contribution in [-0.2, 0) is 19.1 Å². The first-order chi connectivity index (χ1) is 9.97. The molecule has 2 aromatic rings. The second-order valence-electron chi connectivity index (χ2n) is 5.00. The highest BCUT2D eigenvalue weighted by atomic mass is 19.4. The van der Waals surface area contributed by atoms with Gasteiger partial charge in [-0.25, -0.2) is 0 Å². The van der Waals surface area contributed by atoms with Crippen LogP contribution in [0.4, 0.5) is 13.2 Å². The first-order valence-electron chi connectivity index (χ1n) is 6.57. The number of amides is 1. The molecule has 1 aliphatic heterocycles. The Hall–Kier alpha value is -2.24. The summed E-state index contributed by atoms with van der Waals surface area (Å²) >= 11 is 0. The first-order valence-corrected chi connectivity index (χ1v) is 6.57. The molecule has 1 aromatic carbocycles. The standard InChI is InChI=1S/C15H13F3N2O/c16-15(17,18)12-4-2-1-3-11(12)14(21)20-8-6-13-10(9-20)5-7-19-13/h1-5,7,19H,6,8-9H2. The minimum absolute atomic E-state index is 0.288. The number of carbonyl (C=O) groups is 1. The molecule has 0 saturated heterocycles. The molecule has 0 fully saturated rings. The topological polar surface area (TPSA) is 36.1 Å². The van der Waals surface area contributed by atoms with Crippen molar-refractivity contribution < 1.29 is 18.0 Å². The highest BCUT2D eigenvalue weighted by Crippen LogP contribution is 2.33. The van der Waals surface area contributed by atoms with E-state index in [1.165, 1.54) is 23.1 Å². The van der Waals surface area contributed by atoms with Crippen LogP contribution in [0.2, 0.25) is 0 Å². The van der Waals surface area contributed by atoms with Gasteiger partial charge in [0.15, 0.2) is 0 Å². The number of rotatable bonds is 1. The maximum absolute atomic E-state index is 13.0. The van der Waals surface area contributed by atoms with Crippen LogP contribution in [0.15, 0.2) is 36.5 Å². The Kier molecular flexibility index (Phi) is 3.23. The Morgan fingerprint density at radius 3 is 2.71 bits per heavy atom. The van der Waals surface area contributed by atoms with Gasteiger partial charge < -0.3 is 9.88 Å². The van der Waals surface area contributed by atoms with Gasteiger partial charge in [0.25, 0.3) is 5.91 Å². The predicted octanol–water partition coefficient (Wildman–Crippen LogP) is 3.23. The Morgan fingerprint density at radius 2 is 1.95 bits per heavy atom. The van der Waals surface area contributed by atoms with Gasteiger partial charge in [-0.05, 0) is 23.8 Å². The van der Waals surface area contributed by atoms with Gasteiger partial charge in [-0.2, -0.15) is 13.2 Å². The molecule has 0 spiro atoms. The van der Waals surface area contributed by atoms with Gasteiger partial charge >= 0.3 is 6.18 Å². The molecule has 1 amide bonds. The van der Waals surface area contributed by atoms with Crippen molar-refractivity contribution in [3.63, 3.8) is 0 Å². The second kappa shape index (κ2) is 4.95. The van der Waals surface area contributed by atoms with Crippen LogP contribution in [0.1, 0.15) is 27.2 Å². The van der Waals surface area contributed by atoms with E-state index in [-0.39, 0.29) is 5.56 Å². The van der Waals surface area contributed by atoms with Crippen molar-refractivity contribution in [2.45, 2.75) is 19.1 Å². The van der Waals surface area contributed by atoms with E-state index >= 15 is 0 Å². The normalized spacial score (nSPS) is 14.9. The highest BCUT2D eigenvalue weighted by Gasteiger charge is 2.36. The molecule has 0 bridgehead atoms. The molecule has 21 heavy (non-hydrogen) atoms. The number of H-pyrrole nitrogens is 1. The van der Waals surface area contributed by atoms with Crippen LogP contribution in [0.25, 0.3) is 0 Å². The van der Waals surface area contributed by atoms with Gasteiger partial charge in [0, 0.05) is 31.4 Å². The summed E-state index contributed by atoms with van der Waals surface area (Å²) < 4.78 is 39.0. The number of aromatic nitrogens is 1. The van der Waals surface area contributed by atoms with Gasteiger partial charge in [0.05, 0.1) is 11.1 Å². The minimum Gasteiger partial charge on any atom is -0.365 e. The molecular formula is C15H13F3N2O. The lowest BCUT2D eigenvalue weighted by Crippen LogP contribution is -2.36. The lowest BCUT2D eigenvalue weighted by atomic mass is 10.0. The first kappa shape index (κ1) is 13.7. The molecule has 2 heterocycles. The summed E-state index contributed by atoms with van der Waals surface area (Å²) in [7, 11) is 0. The van der Waals surface area contributed by atoms with E-state index in [0.29, 0.717) is 19.5 Å². The Balaban J connectivity index is 1.90. The fraction of sp³-hybridized carbons (Fsp3) is 0.267. The molecule has 1 aromatic heterocycles. The maximum Gasteiger partial charge on any atom is 0.417 e. The van der Waals surface area contributed by atoms with Crippen molar-refractivity contribution in [1.29, 1.82) is 0 Å². The van der Waals surface area contributed by atoms with Crippen LogP contribution >= 0.6 is 0 Å². The third-order valence-corrected chi connectivity index (χ3v) is 3.67. The van der Waals surface area contributed by atoms with Gasteiger partial charge in [-0.3, -0.25) is 4.79 Å². The number of benzene rings is 1. The number of fused-ring (bicyclic) bond motifs is 1. The van der Waals surface area contributed by atoms with Crippen LogP contribution in [0.5, 0.6) is 0 Å². The Labute approximate surface area is 119 Å². The second-order valence-corrected chi connectivity index (χ2v) is 5.00. The molecule has 1 N–H and O–H groups in total. The number of aromatic amines is 1. The van der Waals surface area contributed by atoms with Crippen molar-refractivity contribution in [2.24, 2.45) is 0 Å². The van der Waals surface area contributed by atoms with E-state index in [2.05, 4.69) is 4.98 Å². The summed E-state index contributed by atoms with van der Waals surface area (Å²) in [5.41, 5.74) is 0.834. The third kappa shape index (κ3) is 2.53. The monoisotopic (exact) mass is 294 g/mol. The molecule has 0 unspecified atom stereocenters. The summed E-state index contributed by atoms with van der Waals surface area (Å²) in [6, 6.07) is 6.77. The van der Waals surface area contributed by atoms with Gasteiger partial charge in [-0.15, -0.1) is 0 Å². The van der Waals surface area contributed by atoms with E-state index in [0.717, 1.165) is 17.3 Å². The number of alkyl halides is 3. The van der Waals surface area contributed by atoms with Gasteiger partial charge in [0.1, 0.15) is 0 Å². The zero-order valence-electron chi connectivity index (χ0n) is 11.1. The van der Waals surface area contributed by atoms with Crippen LogP contribution < -0.4 is 0 Å². The van der Waals surface area contributed by atoms with Crippen molar-refractivity contribution >= 4 is 5.91 Å². The maximum atomic E-state index is 13.0. The molecule has 3 rings (SSSR count). The molecule has 3 nitrogen and oxygen atoms in total. The lowest BCUT2D eigenvalue weighted by Gasteiger charge is -2.28. The molecule has 6 heteroatoms. The lowest BCUT2D eigenvalue weighted by molar-refractivity contribution is -0.138. The number of hydrogen-bond acceptors (Lipinski definition) is 1. The van der Waals surface area contributed by atoms with Crippen LogP contribution in [0, 0.1) is 0 Å². The molecule has 1 aliphatic rings. The van der Waals surface area contributed by atoms with E-state index in [4.69, 9.17) is 0 Å². The highest BCUT2D eigenvalue weighted by molar-refractivity contribution is 5.96. The molecule has 0 atom stereocenters. The van der Waals surface area contributed by atoms with Crippen molar-refractivity contribution in [3.05, 3.63) is 58.9 Å². The molecule has 0 radical (unpaired) electrons. The zero-order valence-corrected chi connectivity index (χ0v) is 11.1. The quantitative estimate of drug-likeness (QED) is 0.861. The number of halogens is 3. The SMILES string of the molecule is O=C(c1ccccc1C(F)(F)F)N1CCc2[nH]ccc2C1. The fourth-order valence-electron chi connectivity index (χ4n) is 2.61. The Bertz CT molecular complexity index is 676. The van der Waals surface area contributed by atoms with Gasteiger partial charge in [-0.1, -0.05) is 12.1 Å². The average Bonchev–Trinajstić information content (AvgIpc) is 2.93. The summed E-state index contributed by atoms with van der Waals surface area (Å²) in [5, 5.41) is 0. The van der Waals surface area contributed by atoms with Crippen LogP contribution in [0.3, 0.4) is 0 Å². The van der Waals surface area contributed by atoms with E-state index in [9.17, 15) is 18.0 Å². The number of carbonyl (C=O) groups excluding carboxylic acids is 1. The summed E-state index contributed by atoms with van der Waals surface area (Å²) in [6.07, 6.45) is -2.12. The van der Waals surface area contributed by atoms with E-state index in [1.807, 2.05) is 6.07 Å². The number of nitrogens with one attached hydrogen (secondary N) is 1. The molecule has 0 saturated carbocycles. The molecular weight excluding hydrogens is 281 g/mol. The van der Waals surface area contributed by atoms with Crippen molar-refractivity contribution in [3.8, 4) is 0 Å². The Morgan fingerprint density at radius 1 is 1.19 bits per heavy atom. The van der Waals surface area contributed by atoms with Gasteiger partial charge in [0.2, 0.25) is 0 Å². The van der Waals surface area contributed by atoms with Crippen molar-refractivity contribution in [1.82, 2.24) is 9.88 Å². The smallest absolute Gasteiger partial charge is 0.365 e. The van der Waals surface area contributed by atoms with Crippen LogP contribution in [-0.4, -0.2) is 22.3 Å². The summed E-state index contributed by atoms with van der Waals surface area (Å²) in [6.45, 7) is 0.752. The largest absolute Gasteiger partial charge is 0.417 e. The summed E-state index contributed by atoms with van der Waals surface area (Å²) in [5.74, 6) is -0.574. The number of nitrogens with zero attached hydrogens (tertiary/aromatic N) is 1. The van der Waals surface area contributed by atoms with E-state index in [1.54, 1.807) is 6.20 Å².